The summed E-state index contributed by atoms with van der Waals surface area (Å²) in [4.78, 5) is 8.35. The minimum atomic E-state index is -0.528. The lowest BCUT2D eigenvalue weighted by molar-refractivity contribution is 0.471. The van der Waals surface area contributed by atoms with Gasteiger partial charge in [-0.2, -0.15) is 0 Å². The van der Waals surface area contributed by atoms with E-state index in [-0.39, 0.29) is 5.41 Å². The van der Waals surface area contributed by atoms with Crippen molar-refractivity contribution in [1.82, 2.24) is 9.97 Å². The van der Waals surface area contributed by atoms with E-state index in [1.807, 2.05) is 24.3 Å². The molecule has 17 heavy (non-hydrogen) atoms. The molecule has 2 rings (SSSR count). The summed E-state index contributed by atoms with van der Waals surface area (Å²) in [7, 11) is 0. The van der Waals surface area contributed by atoms with Crippen LogP contribution in [-0.2, 0) is 12.1 Å². The number of alkyl halides is 1. The van der Waals surface area contributed by atoms with Crippen molar-refractivity contribution in [3.8, 4) is 0 Å². The van der Waals surface area contributed by atoms with Crippen molar-refractivity contribution >= 4 is 0 Å². The molecule has 2 aromatic rings. The molecule has 0 aromatic carbocycles. The Morgan fingerprint density at radius 3 is 2.47 bits per heavy atom. The van der Waals surface area contributed by atoms with Crippen LogP contribution in [0.3, 0.4) is 0 Å². The third kappa shape index (κ3) is 2.33. The van der Waals surface area contributed by atoms with Crippen molar-refractivity contribution in [3.63, 3.8) is 0 Å². The van der Waals surface area contributed by atoms with E-state index in [1.54, 1.807) is 18.5 Å². The Hall–Kier alpha value is -1.77. The third-order valence-corrected chi connectivity index (χ3v) is 2.99. The largest absolute Gasteiger partial charge is 0.265 e. The number of rotatable bonds is 3. The third-order valence-electron chi connectivity index (χ3n) is 2.99. The quantitative estimate of drug-likeness (QED) is 0.808. The van der Waals surface area contributed by atoms with Crippen LogP contribution in [-0.4, -0.2) is 9.97 Å². The number of pyridine rings is 2. The summed E-state index contributed by atoms with van der Waals surface area (Å²) in [5.74, 6) is 0. The standard InChI is InChI=1S/C14H15FN2/c1-14(2,11-6-8-16-9-7-11)13-5-3-4-12(10-15)17-13/h3-9H,10H2,1-2H3. The Balaban J connectivity index is 2.44. The fourth-order valence-corrected chi connectivity index (χ4v) is 1.82. The first-order valence-corrected chi connectivity index (χ1v) is 5.57. The van der Waals surface area contributed by atoms with Crippen LogP contribution in [0.15, 0.2) is 42.7 Å². The summed E-state index contributed by atoms with van der Waals surface area (Å²) in [6.07, 6.45) is 3.52. The molecule has 0 atom stereocenters. The Morgan fingerprint density at radius 1 is 1.12 bits per heavy atom. The second kappa shape index (κ2) is 4.62. The van der Waals surface area contributed by atoms with Crippen LogP contribution in [0.2, 0.25) is 0 Å². The summed E-state index contributed by atoms with van der Waals surface area (Å²) in [6.45, 7) is 3.62. The Kier molecular flexibility index (Phi) is 3.18. The molecule has 0 saturated carbocycles. The van der Waals surface area contributed by atoms with Crippen LogP contribution in [0.1, 0.15) is 30.8 Å². The predicted octanol–water partition coefficient (Wildman–Crippen LogP) is 3.27. The monoisotopic (exact) mass is 230 g/mol. The highest BCUT2D eigenvalue weighted by atomic mass is 19.1. The van der Waals surface area contributed by atoms with Crippen LogP contribution in [0.5, 0.6) is 0 Å². The number of nitrogens with zero attached hydrogens (tertiary/aromatic N) is 2. The molecule has 0 spiro atoms. The highest BCUT2D eigenvalue weighted by Crippen LogP contribution is 2.29. The van der Waals surface area contributed by atoms with E-state index in [4.69, 9.17) is 0 Å². The van der Waals surface area contributed by atoms with E-state index in [1.165, 1.54) is 0 Å². The predicted molar refractivity (Wildman–Crippen MR) is 65.4 cm³/mol. The number of halogens is 1. The topological polar surface area (TPSA) is 25.8 Å². The van der Waals surface area contributed by atoms with Crippen LogP contribution in [0.25, 0.3) is 0 Å². The molecule has 0 aliphatic carbocycles. The summed E-state index contributed by atoms with van der Waals surface area (Å²) < 4.78 is 12.6. The molecule has 2 aromatic heterocycles. The van der Waals surface area contributed by atoms with Crippen molar-refractivity contribution in [2.75, 3.05) is 0 Å². The lowest BCUT2D eigenvalue weighted by Gasteiger charge is -2.24. The SMILES string of the molecule is CC(C)(c1ccncc1)c1cccc(CF)n1. The molecular weight excluding hydrogens is 215 g/mol. The smallest absolute Gasteiger partial charge is 0.131 e. The van der Waals surface area contributed by atoms with Gasteiger partial charge in [0.15, 0.2) is 0 Å². The van der Waals surface area contributed by atoms with Crippen LogP contribution in [0.4, 0.5) is 4.39 Å². The molecule has 2 heterocycles. The fraction of sp³-hybridized carbons (Fsp3) is 0.286. The van der Waals surface area contributed by atoms with Gasteiger partial charge in [0.1, 0.15) is 6.67 Å². The van der Waals surface area contributed by atoms with Gasteiger partial charge in [-0.25, -0.2) is 4.39 Å². The summed E-state index contributed by atoms with van der Waals surface area (Å²) in [6, 6.07) is 9.40. The molecular formula is C14H15FN2. The second-order valence-electron chi connectivity index (χ2n) is 4.51. The molecule has 0 radical (unpaired) electrons. The summed E-state index contributed by atoms with van der Waals surface area (Å²) in [5, 5.41) is 0. The average Bonchev–Trinajstić information content (AvgIpc) is 2.40. The average molecular weight is 230 g/mol. The minimum absolute atomic E-state index is 0.242. The first-order valence-electron chi connectivity index (χ1n) is 5.57. The number of hydrogen-bond donors (Lipinski definition) is 0. The van der Waals surface area contributed by atoms with Gasteiger partial charge in [-0.05, 0) is 29.8 Å². The van der Waals surface area contributed by atoms with Crippen molar-refractivity contribution in [2.24, 2.45) is 0 Å². The second-order valence-corrected chi connectivity index (χ2v) is 4.51. The lowest BCUT2D eigenvalue weighted by atomic mass is 9.81. The van der Waals surface area contributed by atoms with E-state index in [0.717, 1.165) is 11.3 Å². The normalized spacial score (nSPS) is 11.5. The van der Waals surface area contributed by atoms with Gasteiger partial charge < -0.3 is 0 Å². The minimum Gasteiger partial charge on any atom is -0.265 e. The zero-order valence-electron chi connectivity index (χ0n) is 10.0. The highest BCUT2D eigenvalue weighted by molar-refractivity contribution is 5.32. The molecule has 2 nitrogen and oxygen atoms in total. The summed E-state index contributed by atoms with van der Waals surface area (Å²) in [5.41, 5.74) is 2.23. The Morgan fingerprint density at radius 2 is 1.82 bits per heavy atom. The van der Waals surface area contributed by atoms with E-state index in [9.17, 15) is 4.39 Å². The Bertz CT molecular complexity index is 495. The molecule has 0 N–H and O–H groups in total. The van der Waals surface area contributed by atoms with Gasteiger partial charge >= 0.3 is 0 Å². The first kappa shape index (κ1) is 11.7. The van der Waals surface area contributed by atoms with Gasteiger partial charge in [0.2, 0.25) is 0 Å². The molecule has 0 saturated heterocycles. The van der Waals surface area contributed by atoms with Gasteiger partial charge in [-0.15, -0.1) is 0 Å². The van der Waals surface area contributed by atoms with Crippen molar-refractivity contribution in [3.05, 3.63) is 59.7 Å². The molecule has 0 unspecified atom stereocenters. The molecule has 0 fully saturated rings. The highest BCUT2D eigenvalue weighted by Gasteiger charge is 2.24. The van der Waals surface area contributed by atoms with Gasteiger partial charge in [0.05, 0.1) is 11.4 Å². The Labute approximate surface area is 101 Å². The van der Waals surface area contributed by atoms with Gasteiger partial charge in [0.25, 0.3) is 0 Å². The molecule has 0 amide bonds. The fourth-order valence-electron chi connectivity index (χ4n) is 1.82. The maximum absolute atomic E-state index is 12.6. The molecule has 0 bridgehead atoms. The van der Waals surface area contributed by atoms with Crippen molar-refractivity contribution in [2.45, 2.75) is 25.9 Å². The molecule has 3 heteroatoms. The zero-order valence-corrected chi connectivity index (χ0v) is 10.0. The van der Waals surface area contributed by atoms with E-state index >= 15 is 0 Å². The maximum Gasteiger partial charge on any atom is 0.131 e. The first-order chi connectivity index (χ1) is 8.14. The van der Waals surface area contributed by atoms with E-state index in [0.29, 0.717) is 5.69 Å². The van der Waals surface area contributed by atoms with Crippen LogP contribution in [0, 0.1) is 0 Å². The number of hydrogen-bond acceptors (Lipinski definition) is 2. The zero-order chi connectivity index (χ0) is 12.3. The van der Waals surface area contributed by atoms with Crippen molar-refractivity contribution < 1.29 is 4.39 Å². The lowest BCUT2D eigenvalue weighted by Crippen LogP contribution is -2.21. The molecule has 88 valence electrons. The van der Waals surface area contributed by atoms with E-state index < -0.39 is 6.67 Å². The van der Waals surface area contributed by atoms with Gasteiger partial charge in [0, 0.05) is 17.8 Å². The van der Waals surface area contributed by atoms with E-state index in [2.05, 4.69) is 23.8 Å². The number of aromatic nitrogens is 2. The van der Waals surface area contributed by atoms with Gasteiger partial charge in [-0.1, -0.05) is 19.9 Å². The summed E-state index contributed by atoms with van der Waals surface area (Å²) >= 11 is 0. The van der Waals surface area contributed by atoms with Gasteiger partial charge in [-0.3, -0.25) is 9.97 Å². The molecule has 0 aliphatic heterocycles. The van der Waals surface area contributed by atoms with Crippen molar-refractivity contribution in [1.29, 1.82) is 0 Å². The van der Waals surface area contributed by atoms with Crippen LogP contribution < -0.4 is 0 Å². The van der Waals surface area contributed by atoms with Crippen LogP contribution >= 0.6 is 0 Å². The maximum atomic E-state index is 12.6. The molecule has 0 aliphatic rings.